The van der Waals surface area contributed by atoms with Gasteiger partial charge in [-0.15, -0.1) is 0 Å². The molecule has 0 spiro atoms. The molecular formula is C20H20N2O3. The fraction of sp³-hybridized carbons (Fsp3) is 0.300. The number of fused-ring (bicyclic) bond motifs is 3. The zero-order valence-corrected chi connectivity index (χ0v) is 14.0. The van der Waals surface area contributed by atoms with E-state index in [-0.39, 0.29) is 16.7 Å². The molecule has 0 saturated carbocycles. The Balaban J connectivity index is 1.79. The molecule has 1 aliphatic heterocycles. The molecule has 0 bridgehead atoms. The Morgan fingerprint density at radius 1 is 1.28 bits per heavy atom. The number of non-ortho nitro benzene ring substituents is 1. The number of nitro benzene ring substituents is 1. The van der Waals surface area contributed by atoms with Crippen molar-refractivity contribution in [2.45, 2.75) is 25.3 Å². The molecular weight excluding hydrogens is 316 g/mol. The largest absolute Gasteiger partial charge is 0.492 e. The summed E-state index contributed by atoms with van der Waals surface area (Å²) in [5, 5.41) is 14.8. The van der Waals surface area contributed by atoms with Crippen molar-refractivity contribution in [3.8, 4) is 5.75 Å². The zero-order valence-electron chi connectivity index (χ0n) is 14.0. The van der Waals surface area contributed by atoms with E-state index in [1.54, 1.807) is 12.1 Å². The first-order valence-corrected chi connectivity index (χ1v) is 8.62. The molecule has 5 nitrogen and oxygen atoms in total. The van der Waals surface area contributed by atoms with Gasteiger partial charge in [-0.2, -0.15) is 0 Å². The second kappa shape index (κ2) is 6.24. The number of anilines is 1. The Morgan fingerprint density at radius 3 is 2.92 bits per heavy atom. The van der Waals surface area contributed by atoms with Crippen LogP contribution in [0.15, 0.2) is 54.6 Å². The molecule has 0 fully saturated rings. The number of para-hydroxylation sites is 1. The molecule has 0 aromatic heterocycles. The number of nitrogens with zero attached hydrogens (tertiary/aromatic N) is 1. The van der Waals surface area contributed by atoms with Gasteiger partial charge in [0.25, 0.3) is 5.69 Å². The van der Waals surface area contributed by atoms with Crippen LogP contribution in [0.4, 0.5) is 11.4 Å². The van der Waals surface area contributed by atoms with E-state index in [2.05, 4.69) is 23.5 Å². The third kappa shape index (κ3) is 2.65. The van der Waals surface area contributed by atoms with Crippen LogP contribution in [0.5, 0.6) is 5.75 Å². The predicted molar refractivity (Wildman–Crippen MR) is 97.1 cm³/mol. The molecule has 5 heteroatoms. The van der Waals surface area contributed by atoms with E-state index in [9.17, 15) is 10.1 Å². The topological polar surface area (TPSA) is 64.4 Å². The van der Waals surface area contributed by atoms with Crippen molar-refractivity contribution in [3.63, 3.8) is 0 Å². The van der Waals surface area contributed by atoms with Crippen molar-refractivity contribution in [1.29, 1.82) is 0 Å². The van der Waals surface area contributed by atoms with Crippen LogP contribution in [0.1, 0.15) is 36.4 Å². The monoisotopic (exact) mass is 336 g/mol. The van der Waals surface area contributed by atoms with Crippen LogP contribution in [0, 0.1) is 16.0 Å². The number of hydrogen-bond acceptors (Lipinski definition) is 4. The molecule has 0 saturated heterocycles. The molecule has 0 amide bonds. The third-order valence-corrected chi connectivity index (χ3v) is 5.10. The summed E-state index contributed by atoms with van der Waals surface area (Å²) >= 11 is 0. The van der Waals surface area contributed by atoms with Crippen molar-refractivity contribution in [1.82, 2.24) is 0 Å². The lowest BCUT2D eigenvalue weighted by atomic mass is 9.77. The van der Waals surface area contributed by atoms with Crippen molar-refractivity contribution < 1.29 is 9.66 Å². The first-order valence-electron chi connectivity index (χ1n) is 8.62. The third-order valence-electron chi connectivity index (χ3n) is 5.10. The number of rotatable bonds is 4. The van der Waals surface area contributed by atoms with Crippen LogP contribution in [0.25, 0.3) is 0 Å². The highest BCUT2D eigenvalue weighted by atomic mass is 16.6. The highest BCUT2D eigenvalue weighted by molar-refractivity contribution is 5.67. The molecule has 2 aliphatic rings. The quantitative estimate of drug-likeness (QED) is 0.494. The number of hydrogen-bond donors (Lipinski definition) is 1. The summed E-state index contributed by atoms with van der Waals surface area (Å²) in [6.45, 7) is 2.57. The lowest BCUT2D eigenvalue weighted by molar-refractivity contribution is -0.384. The second-order valence-electron chi connectivity index (χ2n) is 6.48. The number of benzene rings is 2. The molecule has 2 aromatic rings. The van der Waals surface area contributed by atoms with Crippen molar-refractivity contribution >= 4 is 11.4 Å². The van der Waals surface area contributed by atoms with Crippen LogP contribution >= 0.6 is 0 Å². The van der Waals surface area contributed by atoms with Gasteiger partial charge < -0.3 is 10.1 Å². The summed E-state index contributed by atoms with van der Waals surface area (Å²) in [4.78, 5) is 10.8. The van der Waals surface area contributed by atoms with E-state index in [0.717, 1.165) is 23.4 Å². The minimum atomic E-state index is -0.337. The van der Waals surface area contributed by atoms with Crippen molar-refractivity contribution in [3.05, 3.63) is 75.9 Å². The Bertz CT molecular complexity index is 847. The molecule has 25 heavy (non-hydrogen) atoms. The SMILES string of the molecule is CCOc1cccc2c1N[C@@H](c1cccc([N+](=O)[O-])c1)[C@@H]1CC=C[C@H]21. The first kappa shape index (κ1) is 15.7. The van der Waals surface area contributed by atoms with Gasteiger partial charge in [0.1, 0.15) is 5.75 Å². The lowest BCUT2D eigenvalue weighted by Gasteiger charge is -2.38. The number of ether oxygens (including phenoxy) is 1. The minimum Gasteiger partial charge on any atom is -0.492 e. The maximum Gasteiger partial charge on any atom is 0.269 e. The van der Waals surface area contributed by atoms with E-state index in [4.69, 9.17) is 4.74 Å². The van der Waals surface area contributed by atoms with Gasteiger partial charge in [-0.05, 0) is 36.5 Å². The number of nitro groups is 1. The molecule has 1 N–H and O–H groups in total. The van der Waals surface area contributed by atoms with Gasteiger partial charge in [-0.1, -0.05) is 36.4 Å². The van der Waals surface area contributed by atoms with Crippen molar-refractivity contribution in [2.75, 3.05) is 11.9 Å². The minimum absolute atomic E-state index is 0.0222. The average Bonchev–Trinajstić information content (AvgIpc) is 3.12. The van der Waals surface area contributed by atoms with E-state index >= 15 is 0 Å². The van der Waals surface area contributed by atoms with E-state index in [0.29, 0.717) is 18.4 Å². The predicted octanol–water partition coefficient (Wildman–Crippen LogP) is 4.82. The maximum atomic E-state index is 11.2. The smallest absolute Gasteiger partial charge is 0.269 e. The molecule has 3 atom stereocenters. The lowest BCUT2D eigenvalue weighted by Crippen LogP contribution is -2.29. The number of nitrogens with one attached hydrogen (secondary N) is 1. The summed E-state index contributed by atoms with van der Waals surface area (Å²) in [5.41, 5.74) is 3.33. The summed E-state index contributed by atoms with van der Waals surface area (Å²) in [6.07, 6.45) is 5.43. The Labute approximate surface area is 146 Å². The number of allylic oxidation sites excluding steroid dienone is 2. The molecule has 2 aromatic carbocycles. The van der Waals surface area contributed by atoms with Crippen molar-refractivity contribution in [2.24, 2.45) is 5.92 Å². The fourth-order valence-electron chi connectivity index (χ4n) is 4.03. The van der Waals surface area contributed by atoms with Gasteiger partial charge in [0.15, 0.2) is 0 Å². The van der Waals surface area contributed by atoms with Gasteiger partial charge in [0.05, 0.1) is 23.3 Å². The fourth-order valence-corrected chi connectivity index (χ4v) is 4.03. The highest BCUT2D eigenvalue weighted by Crippen LogP contribution is 2.52. The Kier molecular flexibility index (Phi) is 3.92. The summed E-state index contributed by atoms with van der Waals surface area (Å²) < 4.78 is 5.80. The van der Waals surface area contributed by atoms with Gasteiger partial charge in [-0.25, -0.2) is 0 Å². The molecule has 1 aliphatic carbocycles. The molecule has 0 unspecified atom stereocenters. The summed E-state index contributed by atoms with van der Waals surface area (Å²) in [5.74, 6) is 1.50. The van der Waals surface area contributed by atoms with E-state index in [1.807, 2.05) is 25.1 Å². The molecule has 128 valence electrons. The Hall–Kier alpha value is -2.82. The van der Waals surface area contributed by atoms with Crippen LogP contribution in [0.3, 0.4) is 0 Å². The van der Waals surface area contributed by atoms with Gasteiger partial charge in [-0.3, -0.25) is 10.1 Å². The summed E-state index contributed by atoms with van der Waals surface area (Å²) in [7, 11) is 0. The van der Waals surface area contributed by atoms with Crippen LogP contribution < -0.4 is 10.1 Å². The molecule has 0 radical (unpaired) electrons. The summed E-state index contributed by atoms with van der Waals surface area (Å²) in [6, 6.07) is 13.1. The van der Waals surface area contributed by atoms with Gasteiger partial charge in [0, 0.05) is 18.1 Å². The maximum absolute atomic E-state index is 11.2. The Morgan fingerprint density at radius 2 is 2.12 bits per heavy atom. The second-order valence-corrected chi connectivity index (χ2v) is 6.48. The van der Waals surface area contributed by atoms with Crippen LogP contribution in [-0.4, -0.2) is 11.5 Å². The van der Waals surface area contributed by atoms with Gasteiger partial charge >= 0.3 is 0 Å². The van der Waals surface area contributed by atoms with E-state index in [1.165, 1.54) is 11.6 Å². The van der Waals surface area contributed by atoms with Gasteiger partial charge in [0.2, 0.25) is 0 Å². The van der Waals surface area contributed by atoms with Crippen LogP contribution in [-0.2, 0) is 0 Å². The molecule has 1 heterocycles. The highest BCUT2D eigenvalue weighted by Gasteiger charge is 2.39. The first-order chi connectivity index (χ1) is 12.2. The average molecular weight is 336 g/mol. The van der Waals surface area contributed by atoms with E-state index < -0.39 is 0 Å². The van der Waals surface area contributed by atoms with Crippen LogP contribution in [0.2, 0.25) is 0 Å². The molecule has 4 rings (SSSR count). The normalized spacial score (nSPS) is 23.5. The standard InChI is InChI=1S/C20H20N2O3/c1-2-25-18-11-5-10-17-15-8-4-9-16(15)19(21-20(17)18)13-6-3-7-14(12-13)22(23)24/h3-8,10-12,15-16,19,21H,2,9H2,1H3/t15-,16+,19-/m0/s1. The zero-order chi connectivity index (χ0) is 17.4.